The van der Waals surface area contributed by atoms with Gasteiger partial charge in [-0.15, -0.1) is 16.6 Å². The average molecular weight is 493 g/mol. The molecule has 1 N–H and O–H groups in total. The summed E-state index contributed by atoms with van der Waals surface area (Å²) in [5.74, 6) is 2.36. The van der Waals surface area contributed by atoms with E-state index < -0.39 is 5.97 Å². The van der Waals surface area contributed by atoms with E-state index in [1.165, 1.54) is 13.2 Å². The summed E-state index contributed by atoms with van der Waals surface area (Å²) < 4.78 is 16.7. The highest BCUT2D eigenvalue weighted by Crippen LogP contribution is 2.37. The van der Waals surface area contributed by atoms with Crippen LogP contribution in [0.5, 0.6) is 11.5 Å². The number of hydrogen-bond acceptors (Lipinski definition) is 7. The number of carboxylic acids is 1. The van der Waals surface area contributed by atoms with E-state index in [0.717, 1.165) is 22.5 Å². The normalized spacial score (nSPS) is 11.3. The number of carboxylic acid groups (broad SMARTS) is 1. The van der Waals surface area contributed by atoms with Crippen LogP contribution >= 0.6 is 23.4 Å². The predicted octanol–water partition coefficient (Wildman–Crippen LogP) is 5.78. The quantitative estimate of drug-likeness (QED) is 0.188. The van der Waals surface area contributed by atoms with Crippen molar-refractivity contribution in [1.82, 2.24) is 10.2 Å². The van der Waals surface area contributed by atoms with Crippen molar-refractivity contribution >= 4 is 46.2 Å². The van der Waals surface area contributed by atoms with Crippen molar-refractivity contribution in [2.45, 2.75) is 5.22 Å². The molecule has 4 rings (SSSR count). The lowest BCUT2D eigenvalue weighted by Crippen LogP contribution is -2.00. The van der Waals surface area contributed by atoms with Gasteiger partial charge in [-0.2, -0.15) is 0 Å². The molecule has 0 saturated carbocycles. The minimum Gasteiger partial charge on any atom is -0.496 e. The zero-order chi connectivity index (χ0) is 24.1. The highest BCUT2D eigenvalue weighted by Gasteiger charge is 2.19. The summed E-state index contributed by atoms with van der Waals surface area (Å²) in [5, 5.41) is 20.1. The fraction of sp³-hybridized carbons (Fsp3) is 0.0800. The minimum atomic E-state index is -1.17. The van der Waals surface area contributed by atoms with Crippen LogP contribution < -0.4 is 9.47 Å². The van der Waals surface area contributed by atoms with Crippen LogP contribution in [-0.2, 0) is 4.79 Å². The molecule has 4 aromatic rings. The van der Waals surface area contributed by atoms with Crippen molar-refractivity contribution < 1.29 is 23.8 Å². The van der Waals surface area contributed by atoms with Crippen LogP contribution in [0.15, 0.2) is 69.1 Å². The Bertz CT molecular complexity index is 1440. The molecule has 0 amide bonds. The summed E-state index contributed by atoms with van der Waals surface area (Å²) in [6.45, 7) is 0.0449. The number of aromatic nitrogens is 2. The number of benzene rings is 3. The molecule has 0 aliphatic heterocycles. The molecule has 0 radical (unpaired) electrons. The predicted molar refractivity (Wildman–Crippen MR) is 131 cm³/mol. The summed E-state index contributed by atoms with van der Waals surface area (Å²) in [6.07, 6.45) is 6.84. The number of fused-ring (bicyclic) bond motifs is 1. The molecule has 0 aliphatic carbocycles. The molecular formula is C25H17ClN2O5S. The van der Waals surface area contributed by atoms with E-state index in [-0.39, 0.29) is 22.6 Å². The molecule has 1 heterocycles. The van der Waals surface area contributed by atoms with Gasteiger partial charge in [0.1, 0.15) is 23.0 Å². The molecule has 1 aromatic heterocycles. The second-order valence-electron chi connectivity index (χ2n) is 6.82. The Morgan fingerprint density at radius 2 is 2.00 bits per heavy atom. The molecule has 0 aliphatic rings. The van der Waals surface area contributed by atoms with Crippen molar-refractivity contribution in [3.63, 3.8) is 0 Å². The fourth-order valence-electron chi connectivity index (χ4n) is 3.24. The van der Waals surface area contributed by atoms with Crippen LogP contribution in [-0.4, -0.2) is 35.0 Å². The molecule has 7 nitrogen and oxygen atoms in total. The molecule has 0 unspecified atom stereocenters. The smallest absolute Gasteiger partial charge is 0.342 e. The van der Waals surface area contributed by atoms with Gasteiger partial charge in [0, 0.05) is 10.6 Å². The van der Waals surface area contributed by atoms with Gasteiger partial charge < -0.3 is 19.0 Å². The number of carbonyl (C=O) groups is 1. The lowest BCUT2D eigenvalue weighted by Gasteiger charge is -2.11. The first-order valence-corrected chi connectivity index (χ1v) is 11.1. The van der Waals surface area contributed by atoms with Crippen LogP contribution in [0.3, 0.4) is 0 Å². The van der Waals surface area contributed by atoms with Crippen molar-refractivity contribution in [3.8, 4) is 35.3 Å². The van der Waals surface area contributed by atoms with Gasteiger partial charge in [-0.25, -0.2) is 4.79 Å². The van der Waals surface area contributed by atoms with Gasteiger partial charge >= 0.3 is 5.97 Å². The fourth-order valence-corrected chi connectivity index (χ4v) is 4.06. The number of halogens is 1. The van der Waals surface area contributed by atoms with E-state index in [0.29, 0.717) is 27.6 Å². The third kappa shape index (κ3) is 5.01. The number of aliphatic carboxylic acids is 1. The minimum absolute atomic E-state index is 0.0389. The van der Waals surface area contributed by atoms with Crippen LogP contribution in [0.2, 0.25) is 5.02 Å². The number of rotatable bonds is 8. The first-order chi connectivity index (χ1) is 16.5. The van der Waals surface area contributed by atoms with Crippen molar-refractivity contribution in [3.05, 3.63) is 70.1 Å². The third-order valence-corrected chi connectivity index (χ3v) is 5.81. The van der Waals surface area contributed by atoms with Crippen molar-refractivity contribution in [2.24, 2.45) is 0 Å². The van der Waals surface area contributed by atoms with Crippen molar-refractivity contribution in [2.75, 3.05) is 13.7 Å². The van der Waals surface area contributed by atoms with Gasteiger partial charge in [0.2, 0.25) is 0 Å². The molecular weight excluding hydrogens is 476 g/mol. The number of hydrogen-bond donors (Lipinski definition) is 1. The third-order valence-electron chi connectivity index (χ3n) is 4.72. The molecule has 3 aromatic carbocycles. The summed E-state index contributed by atoms with van der Waals surface area (Å²) in [6, 6.07) is 16.2. The molecule has 0 bridgehead atoms. The number of terminal acetylenes is 1. The summed E-state index contributed by atoms with van der Waals surface area (Å²) in [5.41, 5.74) is 1.07. The second-order valence-corrected chi connectivity index (χ2v) is 8.25. The topological polar surface area (TPSA) is 94.7 Å². The SMILES string of the molecule is C#CCOc1ccc2ccccc2c1/C=C(\Sc1nnc(-c2cc(Cl)ccc2OC)o1)C(=O)O. The van der Waals surface area contributed by atoms with Gasteiger partial charge in [0.25, 0.3) is 11.1 Å². The van der Waals surface area contributed by atoms with Crippen LogP contribution in [0.4, 0.5) is 0 Å². The molecule has 0 fully saturated rings. The van der Waals surface area contributed by atoms with Gasteiger partial charge in [0.15, 0.2) is 0 Å². The van der Waals surface area contributed by atoms with Crippen molar-refractivity contribution in [1.29, 1.82) is 0 Å². The van der Waals surface area contributed by atoms with Gasteiger partial charge in [-0.3, -0.25) is 0 Å². The number of ether oxygens (including phenoxy) is 2. The lowest BCUT2D eigenvalue weighted by molar-refractivity contribution is -0.131. The zero-order valence-corrected chi connectivity index (χ0v) is 19.4. The monoisotopic (exact) mass is 492 g/mol. The second kappa shape index (κ2) is 10.3. The van der Waals surface area contributed by atoms with Crippen LogP contribution in [0, 0.1) is 12.3 Å². The number of methoxy groups -OCH3 is 1. The molecule has 34 heavy (non-hydrogen) atoms. The van der Waals surface area contributed by atoms with Gasteiger partial charge in [-0.05, 0) is 52.9 Å². The molecule has 9 heteroatoms. The standard InChI is InChI=1S/C25H17ClN2O5S/c1-3-12-32-21-10-8-15-6-4-5-7-17(15)18(21)14-22(24(29)30)34-25-28-27-23(33-25)19-13-16(26)9-11-20(19)31-2/h1,4-11,13-14H,12H2,2H3,(H,29,30)/b22-14-. The Morgan fingerprint density at radius 1 is 1.21 bits per heavy atom. The van der Waals surface area contributed by atoms with E-state index in [4.69, 9.17) is 31.9 Å². The van der Waals surface area contributed by atoms with E-state index in [2.05, 4.69) is 16.1 Å². The molecule has 0 atom stereocenters. The molecule has 170 valence electrons. The Balaban J connectivity index is 1.73. The van der Waals surface area contributed by atoms with Gasteiger partial charge in [0.05, 0.1) is 12.7 Å². The Hall–Kier alpha value is -3.93. The van der Waals surface area contributed by atoms with Crippen LogP contribution in [0.1, 0.15) is 5.56 Å². The maximum Gasteiger partial charge on any atom is 0.342 e. The van der Waals surface area contributed by atoms with E-state index >= 15 is 0 Å². The summed E-state index contributed by atoms with van der Waals surface area (Å²) >= 11 is 6.90. The van der Waals surface area contributed by atoms with Gasteiger partial charge in [-0.1, -0.05) is 47.9 Å². The lowest BCUT2D eigenvalue weighted by atomic mass is 10.0. The van der Waals surface area contributed by atoms with E-state index in [1.807, 2.05) is 30.3 Å². The zero-order valence-electron chi connectivity index (χ0n) is 17.8. The van der Waals surface area contributed by atoms with E-state index in [1.54, 1.807) is 24.3 Å². The maximum atomic E-state index is 12.1. The largest absolute Gasteiger partial charge is 0.496 e. The highest BCUT2D eigenvalue weighted by atomic mass is 35.5. The summed E-state index contributed by atoms with van der Waals surface area (Å²) in [4.78, 5) is 12.1. The highest BCUT2D eigenvalue weighted by molar-refractivity contribution is 8.03. The Morgan fingerprint density at radius 3 is 2.76 bits per heavy atom. The Kier molecular flexibility index (Phi) is 7.07. The number of nitrogens with zero attached hydrogens (tertiary/aromatic N) is 2. The summed E-state index contributed by atoms with van der Waals surface area (Å²) in [7, 11) is 1.51. The number of thioether (sulfide) groups is 1. The maximum absolute atomic E-state index is 12.1. The first kappa shape index (κ1) is 23.2. The average Bonchev–Trinajstić information content (AvgIpc) is 3.31. The van der Waals surface area contributed by atoms with E-state index in [9.17, 15) is 9.90 Å². The van der Waals surface area contributed by atoms with Crippen LogP contribution in [0.25, 0.3) is 28.3 Å². The molecule has 0 saturated heterocycles. The molecule has 0 spiro atoms. The Labute approximate surface area is 204 Å². The first-order valence-electron chi connectivity index (χ1n) is 9.88.